The molecule has 0 amide bonds. The van der Waals surface area contributed by atoms with E-state index in [-0.39, 0.29) is 0 Å². The van der Waals surface area contributed by atoms with Gasteiger partial charge in [0.1, 0.15) is 0 Å². The lowest BCUT2D eigenvalue weighted by molar-refractivity contribution is 0.183. The van der Waals surface area contributed by atoms with Crippen LogP contribution >= 0.6 is 0 Å². The Morgan fingerprint density at radius 2 is 1.81 bits per heavy atom. The lowest BCUT2D eigenvalue weighted by atomic mass is 10.1. The van der Waals surface area contributed by atoms with Crippen molar-refractivity contribution in [2.45, 2.75) is 39.3 Å². The quantitative estimate of drug-likeness (QED) is 0.797. The number of methoxy groups -OCH3 is 1. The van der Waals surface area contributed by atoms with Crippen LogP contribution in [0.25, 0.3) is 0 Å². The molecule has 1 aromatic rings. The maximum atomic E-state index is 5.08. The first-order valence-corrected chi connectivity index (χ1v) is 5.95. The van der Waals surface area contributed by atoms with Gasteiger partial charge in [-0.25, -0.2) is 0 Å². The van der Waals surface area contributed by atoms with Crippen LogP contribution in [-0.2, 0) is 4.74 Å². The first kappa shape index (κ1) is 13.2. The van der Waals surface area contributed by atoms with Crippen LogP contribution in [-0.4, -0.2) is 19.8 Å². The monoisotopic (exact) mass is 221 g/mol. The molecule has 0 aliphatic heterocycles. The lowest BCUT2D eigenvalue weighted by Gasteiger charge is -2.20. The fourth-order valence-corrected chi connectivity index (χ4v) is 1.76. The third kappa shape index (κ3) is 4.33. The molecule has 1 unspecified atom stereocenters. The Balaban J connectivity index is 2.45. The van der Waals surface area contributed by atoms with Crippen molar-refractivity contribution in [3.05, 3.63) is 35.4 Å². The number of rotatable bonds is 6. The first-order chi connectivity index (χ1) is 7.63. The van der Waals surface area contributed by atoms with E-state index in [1.54, 1.807) is 7.11 Å². The van der Waals surface area contributed by atoms with Crippen molar-refractivity contribution in [2.24, 2.45) is 0 Å². The number of aryl methyl sites for hydroxylation is 1. The number of hydrogen-bond donors (Lipinski definition) is 1. The van der Waals surface area contributed by atoms with Gasteiger partial charge >= 0.3 is 0 Å². The minimum Gasteiger partial charge on any atom is -0.385 e. The highest BCUT2D eigenvalue weighted by Gasteiger charge is 2.08. The molecule has 0 saturated heterocycles. The average molecular weight is 221 g/mol. The van der Waals surface area contributed by atoms with E-state index >= 15 is 0 Å². The number of ether oxygens (including phenoxy) is 1. The van der Waals surface area contributed by atoms with Gasteiger partial charge in [0.25, 0.3) is 0 Å². The Kier molecular flexibility index (Phi) is 5.50. The zero-order valence-electron chi connectivity index (χ0n) is 10.8. The van der Waals surface area contributed by atoms with Gasteiger partial charge in [0, 0.05) is 25.8 Å². The van der Waals surface area contributed by atoms with Crippen molar-refractivity contribution in [1.82, 2.24) is 5.32 Å². The summed E-state index contributed by atoms with van der Waals surface area (Å²) in [5.41, 5.74) is 2.65. The Bertz CT molecular complexity index is 294. The summed E-state index contributed by atoms with van der Waals surface area (Å²) in [5.74, 6) is 0. The second-order valence-corrected chi connectivity index (χ2v) is 4.48. The van der Waals surface area contributed by atoms with E-state index in [1.807, 2.05) is 0 Å². The van der Waals surface area contributed by atoms with Crippen molar-refractivity contribution in [1.29, 1.82) is 0 Å². The molecule has 1 rings (SSSR count). The molecule has 1 aromatic carbocycles. The fraction of sp³-hybridized carbons (Fsp3) is 0.571. The normalized spacial score (nSPS) is 14.8. The second-order valence-electron chi connectivity index (χ2n) is 4.48. The number of hydrogen-bond acceptors (Lipinski definition) is 2. The van der Waals surface area contributed by atoms with Gasteiger partial charge in [-0.3, -0.25) is 0 Å². The maximum Gasteiger partial charge on any atom is 0.0476 e. The van der Waals surface area contributed by atoms with Crippen molar-refractivity contribution in [3.8, 4) is 0 Å². The summed E-state index contributed by atoms with van der Waals surface area (Å²) in [7, 11) is 1.75. The van der Waals surface area contributed by atoms with Crippen LogP contribution in [0.1, 0.15) is 37.4 Å². The molecule has 0 heterocycles. The lowest BCUT2D eigenvalue weighted by Crippen LogP contribution is -2.29. The summed E-state index contributed by atoms with van der Waals surface area (Å²) in [6.45, 7) is 7.33. The maximum absolute atomic E-state index is 5.08. The van der Waals surface area contributed by atoms with Gasteiger partial charge in [-0.15, -0.1) is 0 Å². The highest BCUT2D eigenvalue weighted by atomic mass is 16.5. The van der Waals surface area contributed by atoms with E-state index in [4.69, 9.17) is 4.74 Å². The highest BCUT2D eigenvalue weighted by molar-refractivity contribution is 5.23. The van der Waals surface area contributed by atoms with Gasteiger partial charge in [-0.05, 0) is 32.8 Å². The van der Waals surface area contributed by atoms with E-state index in [0.29, 0.717) is 12.1 Å². The molecular weight excluding hydrogens is 198 g/mol. The van der Waals surface area contributed by atoms with E-state index in [9.17, 15) is 0 Å². The molecule has 0 spiro atoms. The van der Waals surface area contributed by atoms with Crippen molar-refractivity contribution in [3.63, 3.8) is 0 Å². The van der Waals surface area contributed by atoms with E-state index in [1.165, 1.54) is 11.1 Å². The third-order valence-electron chi connectivity index (χ3n) is 2.87. The summed E-state index contributed by atoms with van der Waals surface area (Å²) in [4.78, 5) is 0. The van der Waals surface area contributed by atoms with Gasteiger partial charge in [0.2, 0.25) is 0 Å². The van der Waals surface area contributed by atoms with Crippen LogP contribution in [0, 0.1) is 6.92 Å². The van der Waals surface area contributed by atoms with E-state index in [0.717, 1.165) is 13.0 Å². The van der Waals surface area contributed by atoms with Gasteiger partial charge in [0.05, 0.1) is 0 Å². The summed E-state index contributed by atoms with van der Waals surface area (Å²) in [6, 6.07) is 9.58. The molecule has 0 saturated carbocycles. The second kappa shape index (κ2) is 6.66. The van der Waals surface area contributed by atoms with Crippen LogP contribution in [0.2, 0.25) is 0 Å². The molecule has 2 nitrogen and oxygen atoms in total. The molecule has 0 aliphatic carbocycles. The SMILES string of the molecule is COCCC(C)N[C@H](C)c1ccc(C)cc1. The summed E-state index contributed by atoms with van der Waals surface area (Å²) >= 11 is 0. The van der Waals surface area contributed by atoms with Gasteiger partial charge < -0.3 is 10.1 Å². The molecule has 2 heteroatoms. The van der Waals surface area contributed by atoms with Crippen LogP contribution in [0.5, 0.6) is 0 Å². The Labute approximate surface area is 99.0 Å². The van der Waals surface area contributed by atoms with Gasteiger partial charge in [0.15, 0.2) is 0 Å². The van der Waals surface area contributed by atoms with Gasteiger partial charge in [-0.1, -0.05) is 29.8 Å². The first-order valence-electron chi connectivity index (χ1n) is 5.95. The van der Waals surface area contributed by atoms with Crippen LogP contribution in [0.3, 0.4) is 0 Å². The zero-order valence-corrected chi connectivity index (χ0v) is 10.8. The van der Waals surface area contributed by atoms with Crippen molar-refractivity contribution in [2.75, 3.05) is 13.7 Å². The predicted molar refractivity (Wildman–Crippen MR) is 68.7 cm³/mol. The van der Waals surface area contributed by atoms with Crippen LogP contribution in [0.15, 0.2) is 24.3 Å². The van der Waals surface area contributed by atoms with E-state index < -0.39 is 0 Å². The van der Waals surface area contributed by atoms with Crippen molar-refractivity contribution >= 4 is 0 Å². The molecular formula is C14H23NO. The Morgan fingerprint density at radius 3 is 2.38 bits per heavy atom. The molecule has 0 bridgehead atoms. The summed E-state index contributed by atoms with van der Waals surface area (Å²) in [5, 5.41) is 3.57. The minimum absolute atomic E-state index is 0.396. The van der Waals surface area contributed by atoms with Gasteiger partial charge in [-0.2, -0.15) is 0 Å². The summed E-state index contributed by atoms with van der Waals surface area (Å²) in [6.07, 6.45) is 1.05. The fourth-order valence-electron chi connectivity index (χ4n) is 1.76. The van der Waals surface area contributed by atoms with E-state index in [2.05, 4.69) is 50.4 Å². The molecule has 16 heavy (non-hydrogen) atoms. The predicted octanol–water partition coefficient (Wildman–Crippen LogP) is 3.07. The molecule has 0 aliphatic rings. The summed E-state index contributed by atoms with van der Waals surface area (Å²) < 4.78 is 5.08. The molecule has 0 fully saturated rings. The molecule has 1 N–H and O–H groups in total. The minimum atomic E-state index is 0.396. The Morgan fingerprint density at radius 1 is 1.19 bits per heavy atom. The Hall–Kier alpha value is -0.860. The molecule has 90 valence electrons. The standard InChI is InChI=1S/C14H23NO/c1-11-5-7-14(8-6-11)13(3)15-12(2)9-10-16-4/h5-8,12-13,15H,9-10H2,1-4H3/t12?,13-/m1/s1. The molecule has 0 radical (unpaired) electrons. The topological polar surface area (TPSA) is 21.3 Å². The zero-order chi connectivity index (χ0) is 12.0. The molecule has 0 aromatic heterocycles. The smallest absolute Gasteiger partial charge is 0.0476 e. The van der Waals surface area contributed by atoms with Crippen LogP contribution in [0.4, 0.5) is 0 Å². The van der Waals surface area contributed by atoms with Crippen LogP contribution < -0.4 is 5.32 Å². The molecule has 2 atom stereocenters. The van der Waals surface area contributed by atoms with Crippen molar-refractivity contribution < 1.29 is 4.74 Å². The largest absolute Gasteiger partial charge is 0.385 e. The highest BCUT2D eigenvalue weighted by Crippen LogP contribution is 2.14. The third-order valence-corrected chi connectivity index (χ3v) is 2.87. The number of benzene rings is 1. The average Bonchev–Trinajstić information content (AvgIpc) is 2.27. The number of nitrogens with one attached hydrogen (secondary N) is 1.